The minimum atomic E-state index is 0.511. The Morgan fingerprint density at radius 2 is 2.05 bits per heavy atom. The van der Waals surface area contributed by atoms with Gasteiger partial charge in [0.25, 0.3) is 0 Å². The van der Waals surface area contributed by atoms with Crippen molar-refractivity contribution in [1.82, 2.24) is 0 Å². The SMILES string of the molecule is Cc1ccc2c(c1)CCCN2c1cccc(Cl)c1C=O. The Bertz CT molecular complexity index is 666. The number of aryl methyl sites for hydroxylation is 2. The summed E-state index contributed by atoms with van der Waals surface area (Å²) in [7, 11) is 0. The molecule has 2 aromatic carbocycles. The first-order valence-electron chi connectivity index (χ1n) is 6.81. The number of anilines is 2. The lowest BCUT2D eigenvalue weighted by molar-refractivity contribution is 0.112. The predicted molar refractivity (Wildman–Crippen MR) is 83.3 cm³/mol. The summed E-state index contributed by atoms with van der Waals surface area (Å²) in [5.74, 6) is 0. The van der Waals surface area contributed by atoms with Gasteiger partial charge in [0, 0.05) is 12.2 Å². The lowest BCUT2D eigenvalue weighted by atomic mass is 9.98. The highest BCUT2D eigenvalue weighted by Crippen LogP contribution is 2.37. The highest BCUT2D eigenvalue weighted by atomic mass is 35.5. The molecule has 0 amide bonds. The van der Waals surface area contributed by atoms with E-state index in [0.717, 1.165) is 31.4 Å². The molecule has 0 N–H and O–H groups in total. The first-order chi connectivity index (χ1) is 9.70. The summed E-state index contributed by atoms with van der Waals surface area (Å²) < 4.78 is 0. The number of hydrogen-bond donors (Lipinski definition) is 0. The van der Waals surface area contributed by atoms with E-state index in [4.69, 9.17) is 11.6 Å². The number of hydrogen-bond acceptors (Lipinski definition) is 2. The van der Waals surface area contributed by atoms with E-state index < -0.39 is 0 Å². The Labute approximate surface area is 124 Å². The molecule has 0 fully saturated rings. The predicted octanol–water partition coefficient (Wildman–Crippen LogP) is 4.55. The standard InChI is InChI=1S/C17H16ClNO/c1-12-7-8-16-13(10-12)4-3-9-19(16)17-6-2-5-15(18)14(17)11-20/h2,5-8,10-11H,3-4,9H2,1H3. The van der Waals surface area contributed by atoms with Crippen LogP contribution < -0.4 is 4.90 Å². The van der Waals surface area contributed by atoms with Crippen molar-refractivity contribution in [2.45, 2.75) is 19.8 Å². The Morgan fingerprint density at radius 3 is 2.85 bits per heavy atom. The normalized spacial score (nSPS) is 14.0. The molecule has 0 spiro atoms. The molecule has 0 aliphatic carbocycles. The second-order valence-corrected chi connectivity index (χ2v) is 5.59. The average molecular weight is 286 g/mol. The third-order valence-corrected chi connectivity index (χ3v) is 4.12. The molecule has 102 valence electrons. The van der Waals surface area contributed by atoms with Crippen LogP contribution in [0.15, 0.2) is 36.4 Å². The third kappa shape index (κ3) is 2.20. The van der Waals surface area contributed by atoms with E-state index in [1.54, 1.807) is 6.07 Å². The molecular weight excluding hydrogens is 270 g/mol. The number of benzene rings is 2. The molecule has 3 rings (SSSR count). The molecule has 1 heterocycles. The van der Waals surface area contributed by atoms with Crippen molar-refractivity contribution in [3.05, 3.63) is 58.1 Å². The molecule has 2 aromatic rings. The molecule has 0 aromatic heterocycles. The monoisotopic (exact) mass is 285 g/mol. The quantitative estimate of drug-likeness (QED) is 0.755. The maximum Gasteiger partial charge on any atom is 0.153 e. The molecule has 0 unspecified atom stereocenters. The minimum absolute atomic E-state index is 0.511. The van der Waals surface area contributed by atoms with Crippen LogP contribution in [0.5, 0.6) is 0 Å². The lowest BCUT2D eigenvalue weighted by Gasteiger charge is -2.32. The van der Waals surface area contributed by atoms with Gasteiger partial charge in [-0.2, -0.15) is 0 Å². The summed E-state index contributed by atoms with van der Waals surface area (Å²) in [6.07, 6.45) is 3.02. The van der Waals surface area contributed by atoms with Crippen molar-refractivity contribution >= 4 is 29.3 Å². The Morgan fingerprint density at radius 1 is 1.20 bits per heavy atom. The van der Waals surface area contributed by atoms with E-state index in [0.29, 0.717) is 10.6 Å². The number of halogens is 1. The molecule has 1 aliphatic rings. The topological polar surface area (TPSA) is 20.3 Å². The minimum Gasteiger partial charge on any atom is -0.341 e. The van der Waals surface area contributed by atoms with Crippen LogP contribution in [-0.4, -0.2) is 12.8 Å². The zero-order valence-electron chi connectivity index (χ0n) is 11.4. The molecule has 0 saturated heterocycles. The van der Waals surface area contributed by atoms with Gasteiger partial charge in [-0.3, -0.25) is 4.79 Å². The number of aldehydes is 1. The molecule has 0 saturated carbocycles. The van der Waals surface area contributed by atoms with E-state index in [1.807, 2.05) is 12.1 Å². The van der Waals surface area contributed by atoms with Crippen LogP contribution in [0, 0.1) is 6.92 Å². The highest BCUT2D eigenvalue weighted by molar-refractivity contribution is 6.33. The molecular formula is C17H16ClNO. The zero-order valence-corrected chi connectivity index (χ0v) is 12.2. The molecule has 0 bridgehead atoms. The molecule has 0 atom stereocenters. The van der Waals surface area contributed by atoms with Crippen LogP contribution in [-0.2, 0) is 6.42 Å². The Balaban J connectivity index is 2.14. The number of fused-ring (bicyclic) bond motifs is 1. The fraction of sp³-hybridized carbons (Fsp3) is 0.235. The summed E-state index contributed by atoms with van der Waals surface area (Å²) in [4.78, 5) is 13.5. The molecule has 2 nitrogen and oxygen atoms in total. The zero-order chi connectivity index (χ0) is 14.1. The van der Waals surface area contributed by atoms with Gasteiger partial charge in [-0.05, 0) is 43.5 Å². The fourth-order valence-electron chi connectivity index (χ4n) is 2.85. The average Bonchev–Trinajstić information content (AvgIpc) is 2.46. The number of carbonyl (C=O) groups is 1. The van der Waals surface area contributed by atoms with E-state index in [-0.39, 0.29) is 0 Å². The second kappa shape index (κ2) is 5.29. The molecule has 0 radical (unpaired) electrons. The van der Waals surface area contributed by atoms with Gasteiger partial charge >= 0.3 is 0 Å². The van der Waals surface area contributed by atoms with Gasteiger partial charge in [-0.25, -0.2) is 0 Å². The van der Waals surface area contributed by atoms with Gasteiger partial charge in [-0.15, -0.1) is 0 Å². The van der Waals surface area contributed by atoms with Gasteiger partial charge in [0.15, 0.2) is 6.29 Å². The van der Waals surface area contributed by atoms with E-state index in [9.17, 15) is 4.79 Å². The maximum absolute atomic E-state index is 11.3. The Kier molecular flexibility index (Phi) is 3.49. The summed E-state index contributed by atoms with van der Waals surface area (Å²) in [5, 5.41) is 0.511. The fourth-order valence-corrected chi connectivity index (χ4v) is 3.07. The van der Waals surface area contributed by atoms with Crippen molar-refractivity contribution < 1.29 is 4.79 Å². The molecule has 1 aliphatic heterocycles. The van der Waals surface area contributed by atoms with Crippen LogP contribution in [0.2, 0.25) is 5.02 Å². The van der Waals surface area contributed by atoms with Gasteiger partial charge in [0.1, 0.15) is 0 Å². The van der Waals surface area contributed by atoms with E-state index >= 15 is 0 Å². The number of rotatable bonds is 2. The Hall–Kier alpha value is -1.80. The number of carbonyl (C=O) groups excluding carboxylic acids is 1. The molecule has 20 heavy (non-hydrogen) atoms. The highest BCUT2D eigenvalue weighted by Gasteiger charge is 2.21. The van der Waals surface area contributed by atoms with E-state index in [2.05, 4.69) is 30.0 Å². The second-order valence-electron chi connectivity index (χ2n) is 5.18. The lowest BCUT2D eigenvalue weighted by Crippen LogP contribution is -2.25. The van der Waals surface area contributed by atoms with Crippen LogP contribution >= 0.6 is 11.6 Å². The number of nitrogens with zero attached hydrogens (tertiary/aromatic N) is 1. The van der Waals surface area contributed by atoms with Crippen molar-refractivity contribution in [2.24, 2.45) is 0 Å². The molecule has 3 heteroatoms. The van der Waals surface area contributed by atoms with E-state index in [1.165, 1.54) is 16.8 Å². The first kappa shape index (κ1) is 13.2. The third-order valence-electron chi connectivity index (χ3n) is 3.79. The smallest absolute Gasteiger partial charge is 0.153 e. The van der Waals surface area contributed by atoms with Crippen molar-refractivity contribution in [3.8, 4) is 0 Å². The summed E-state index contributed by atoms with van der Waals surface area (Å²) in [6, 6.07) is 12.1. The summed E-state index contributed by atoms with van der Waals surface area (Å²) >= 11 is 6.14. The van der Waals surface area contributed by atoms with Crippen molar-refractivity contribution in [3.63, 3.8) is 0 Å². The largest absolute Gasteiger partial charge is 0.341 e. The van der Waals surface area contributed by atoms with Crippen LogP contribution in [0.1, 0.15) is 27.9 Å². The van der Waals surface area contributed by atoms with Crippen LogP contribution in [0.3, 0.4) is 0 Å². The first-order valence-corrected chi connectivity index (χ1v) is 7.19. The van der Waals surface area contributed by atoms with Gasteiger partial charge in [0.2, 0.25) is 0 Å². The van der Waals surface area contributed by atoms with Crippen LogP contribution in [0.25, 0.3) is 0 Å². The van der Waals surface area contributed by atoms with Crippen LogP contribution in [0.4, 0.5) is 11.4 Å². The summed E-state index contributed by atoms with van der Waals surface area (Å²) in [5.41, 5.74) is 5.27. The van der Waals surface area contributed by atoms with Gasteiger partial charge < -0.3 is 4.90 Å². The van der Waals surface area contributed by atoms with Crippen molar-refractivity contribution in [2.75, 3.05) is 11.4 Å². The van der Waals surface area contributed by atoms with Gasteiger partial charge in [-0.1, -0.05) is 35.4 Å². The summed E-state index contributed by atoms with van der Waals surface area (Å²) in [6.45, 7) is 3.02. The maximum atomic E-state index is 11.3. The van der Waals surface area contributed by atoms with Crippen molar-refractivity contribution in [1.29, 1.82) is 0 Å². The van der Waals surface area contributed by atoms with Gasteiger partial charge in [0.05, 0.1) is 16.3 Å².